The van der Waals surface area contributed by atoms with Gasteiger partial charge in [-0.05, 0) is 31.4 Å². The monoisotopic (exact) mass is 348 g/mol. The molecule has 0 bridgehead atoms. The van der Waals surface area contributed by atoms with Crippen LogP contribution >= 0.6 is 0 Å². The number of hydrogen-bond acceptors (Lipinski definition) is 4. The molecule has 2 heterocycles. The van der Waals surface area contributed by atoms with E-state index in [9.17, 15) is 4.79 Å². The Bertz CT molecular complexity index is 864. The Hall–Kier alpha value is -3.15. The molecule has 0 spiro atoms. The Morgan fingerprint density at radius 3 is 2.54 bits per heavy atom. The van der Waals surface area contributed by atoms with Gasteiger partial charge in [0.2, 0.25) is 11.7 Å². The molecule has 1 unspecified atom stereocenters. The third-order valence-electron chi connectivity index (χ3n) is 4.55. The molecule has 2 amide bonds. The number of piperidine rings is 1. The molecule has 4 rings (SSSR count). The second kappa shape index (κ2) is 7.39. The van der Waals surface area contributed by atoms with E-state index in [-0.39, 0.29) is 12.1 Å². The van der Waals surface area contributed by atoms with Crippen LogP contribution in [0.1, 0.15) is 31.2 Å². The minimum atomic E-state index is -0.197. The summed E-state index contributed by atoms with van der Waals surface area (Å²) in [6, 6.07) is 18.8. The summed E-state index contributed by atoms with van der Waals surface area (Å²) in [6.45, 7) is 0.673. The Kier molecular flexibility index (Phi) is 4.64. The predicted octanol–water partition coefficient (Wildman–Crippen LogP) is 4.50. The molecule has 1 N–H and O–H groups in total. The maximum Gasteiger partial charge on any atom is 0.322 e. The number of carbonyl (C=O) groups excluding carboxylic acids is 1. The van der Waals surface area contributed by atoms with Crippen LogP contribution in [0.3, 0.4) is 0 Å². The molecule has 1 aliphatic heterocycles. The molecule has 2 aromatic carbocycles. The van der Waals surface area contributed by atoms with Gasteiger partial charge in [0.05, 0.1) is 0 Å². The topological polar surface area (TPSA) is 71.3 Å². The van der Waals surface area contributed by atoms with E-state index in [2.05, 4.69) is 15.5 Å². The molecule has 1 fully saturated rings. The van der Waals surface area contributed by atoms with Gasteiger partial charge in [0.25, 0.3) is 0 Å². The summed E-state index contributed by atoms with van der Waals surface area (Å²) in [7, 11) is 0. The lowest BCUT2D eigenvalue weighted by Crippen LogP contribution is -2.41. The van der Waals surface area contributed by atoms with E-state index in [0.29, 0.717) is 18.3 Å². The highest BCUT2D eigenvalue weighted by molar-refractivity contribution is 5.89. The maximum absolute atomic E-state index is 12.8. The largest absolute Gasteiger partial charge is 0.337 e. The lowest BCUT2D eigenvalue weighted by atomic mass is 10.0. The van der Waals surface area contributed by atoms with Crippen LogP contribution in [0.2, 0.25) is 0 Å². The maximum atomic E-state index is 12.8. The predicted molar refractivity (Wildman–Crippen MR) is 98.5 cm³/mol. The molecule has 6 nitrogen and oxygen atoms in total. The van der Waals surface area contributed by atoms with Gasteiger partial charge in [-0.25, -0.2) is 4.79 Å². The van der Waals surface area contributed by atoms with Gasteiger partial charge in [-0.1, -0.05) is 53.7 Å². The van der Waals surface area contributed by atoms with Crippen LogP contribution in [0.15, 0.2) is 65.2 Å². The smallest absolute Gasteiger partial charge is 0.322 e. The standard InChI is InChI=1S/C20H20N4O2/c25-20(21-16-11-5-2-6-12-16)24-14-8-7-13-17(24)19-22-18(23-26-19)15-9-3-1-4-10-15/h1-6,9-12,17H,7-8,13-14H2,(H,21,25). The van der Waals surface area contributed by atoms with E-state index < -0.39 is 0 Å². The Morgan fingerprint density at radius 1 is 1.04 bits per heavy atom. The number of likely N-dealkylation sites (tertiary alicyclic amines) is 1. The summed E-state index contributed by atoms with van der Waals surface area (Å²) < 4.78 is 5.51. The Labute approximate surface area is 151 Å². The lowest BCUT2D eigenvalue weighted by Gasteiger charge is -2.33. The van der Waals surface area contributed by atoms with Crippen molar-refractivity contribution in [2.24, 2.45) is 0 Å². The van der Waals surface area contributed by atoms with Gasteiger partial charge in [0.1, 0.15) is 6.04 Å². The van der Waals surface area contributed by atoms with Crippen LogP contribution in [0.5, 0.6) is 0 Å². The zero-order chi connectivity index (χ0) is 17.8. The highest BCUT2D eigenvalue weighted by Gasteiger charge is 2.32. The van der Waals surface area contributed by atoms with Crippen molar-refractivity contribution in [3.63, 3.8) is 0 Å². The SMILES string of the molecule is O=C(Nc1ccccc1)N1CCCCC1c1nc(-c2ccccc2)no1. The highest BCUT2D eigenvalue weighted by atomic mass is 16.5. The first-order chi connectivity index (χ1) is 12.8. The van der Waals surface area contributed by atoms with Gasteiger partial charge in [-0.15, -0.1) is 0 Å². The van der Waals surface area contributed by atoms with Crippen molar-refractivity contribution in [2.45, 2.75) is 25.3 Å². The zero-order valence-electron chi connectivity index (χ0n) is 14.3. The van der Waals surface area contributed by atoms with Gasteiger partial charge in [0.15, 0.2) is 0 Å². The lowest BCUT2D eigenvalue weighted by molar-refractivity contribution is 0.142. The number of para-hydroxylation sites is 1. The van der Waals surface area contributed by atoms with E-state index in [1.807, 2.05) is 60.7 Å². The van der Waals surface area contributed by atoms with Crippen molar-refractivity contribution in [3.05, 3.63) is 66.6 Å². The number of hydrogen-bond donors (Lipinski definition) is 1. The first-order valence-electron chi connectivity index (χ1n) is 8.83. The Morgan fingerprint density at radius 2 is 1.77 bits per heavy atom. The van der Waals surface area contributed by atoms with Crippen LogP contribution < -0.4 is 5.32 Å². The number of aromatic nitrogens is 2. The van der Waals surface area contributed by atoms with Crippen LogP contribution in [0, 0.1) is 0 Å². The second-order valence-electron chi connectivity index (χ2n) is 6.32. The summed E-state index contributed by atoms with van der Waals surface area (Å²) >= 11 is 0. The first-order valence-corrected chi connectivity index (χ1v) is 8.83. The normalized spacial score (nSPS) is 17.1. The van der Waals surface area contributed by atoms with Crippen molar-refractivity contribution in [1.29, 1.82) is 0 Å². The van der Waals surface area contributed by atoms with Gasteiger partial charge in [-0.3, -0.25) is 0 Å². The number of carbonyl (C=O) groups is 1. The minimum absolute atomic E-state index is 0.139. The van der Waals surface area contributed by atoms with E-state index in [0.717, 1.165) is 30.5 Å². The van der Waals surface area contributed by atoms with Gasteiger partial charge >= 0.3 is 6.03 Å². The highest BCUT2D eigenvalue weighted by Crippen LogP contribution is 2.31. The number of anilines is 1. The molecule has 132 valence electrons. The number of rotatable bonds is 3. The summed E-state index contributed by atoms with van der Waals surface area (Å²) in [5, 5.41) is 7.04. The second-order valence-corrected chi connectivity index (χ2v) is 6.32. The van der Waals surface area contributed by atoms with Gasteiger partial charge < -0.3 is 14.7 Å². The Balaban J connectivity index is 1.54. The molecule has 3 aromatic rings. The molecule has 0 saturated carbocycles. The summed E-state index contributed by atoms with van der Waals surface area (Å²) in [5.74, 6) is 1.04. The first kappa shape index (κ1) is 16.3. The fraction of sp³-hybridized carbons (Fsp3) is 0.250. The van der Waals surface area contributed by atoms with Gasteiger partial charge in [-0.2, -0.15) is 4.98 Å². The van der Waals surface area contributed by atoms with Crippen molar-refractivity contribution in [1.82, 2.24) is 15.0 Å². The van der Waals surface area contributed by atoms with E-state index in [4.69, 9.17) is 4.52 Å². The molecule has 1 aliphatic rings. The van der Waals surface area contributed by atoms with E-state index in [1.165, 1.54) is 0 Å². The minimum Gasteiger partial charge on any atom is -0.337 e. The van der Waals surface area contributed by atoms with Crippen molar-refractivity contribution < 1.29 is 9.32 Å². The number of nitrogens with one attached hydrogen (secondary N) is 1. The fourth-order valence-electron chi connectivity index (χ4n) is 3.22. The number of urea groups is 1. The van der Waals surface area contributed by atoms with Crippen LogP contribution in [-0.4, -0.2) is 27.6 Å². The van der Waals surface area contributed by atoms with E-state index in [1.54, 1.807) is 4.90 Å². The molecule has 6 heteroatoms. The third-order valence-corrected chi connectivity index (χ3v) is 4.55. The molecular weight excluding hydrogens is 328 g/mol. The number of amides is 2. The molecule has 1 saturated heterocycles. The van der Waals surface area contributed by atoms with Crippen LogP contribution in [-0.2, 0) is 0 Å². The van der Waals surface area contributed by atoms with Crippen molar-refractivity contribution in [3.8, 4) is 11.4 Å². The van der Waals surface area contributed by atoms with Crippen molar-refractivity contribution >= 4 is 11.7 Å². The average molecular weight is 348 g/mol. The quantitative estimate of drug-likeness (QED) is 0.757. The number of nitrogens with zero attached hydrogens (tertiary/aromatic N) is 3. The van der Waals surface area contributed by atoms with Crippen LogP contribution in [0.4, 0.5) is 10.5 Å². The summed E-state index contributed by atoms with van der Waals surface area (Å²) in [5.41, 5.74) is 1.68. The molecule has 0 aliphatic carbocycles. The van der Waals surface area contributed by atoms with Gasteiger partial charge in [0, 0.05) is 17.8 Å². The van der Waals surface area contributed by atoms with E-state index >= 15 is 0 Å². The van der Waals surface area contributed by atoms with Crippen LogP contribution in [0.25, 0.3) is 11.4 Å². The molecule has 1 aromatic heterocycles. The molecule has 26 heavy (non-hydrogen) atoms. The molecule has 1 atom stereocenters. The third kappa shape index (κ3) is 3.44. The molecular formula is C20H20N4O2. The fourth-order valence-corrected chi connectivity index (χ4v) is 3.22. The summed E-state index contributed by atoms with van der Waals surface area (Å²) in [4.78, 5) is 19.1. The summed E-state index contributed by atoms with van der Waals surface area (Å²) in [6.07, 6.45) is 2.82. The zero-order valence-corrected chi connectivity index (χ0v) is 14.3. The number of benzene rings is 2. The van der Waals surface area contributed by atoms with Crippen molar-refractivity contribution in [2.75, 3.05) is 11.9 Å². The molecule has 0 radical (unpaired) electrons. The average Bonchev–Trinajstić information content (AvgIpc) is 3.19.